The third-order valence-electron chi connectivity index (χ3n) is 6.39. The maximum Gasteiger partial charge on any atom is 0.295 e. The number of Topliss-reactive ketones (excluding diaryl/α,β-unsaturated/α-hetero) is 1. The number of likely N-dealkylation sites (tertiary alicyclic amines) is 1. The predicted molar refractivity (Wildman–Crippen MR) is 123 cm³/mol. The minimum absolute atomic E-state index is 0.101. The number of aromatic amines is 1. The molecule has 1 unspecified atom stereocenters. The predicted octanol–water partition coefficient (Wildman–Crippen LogP) is 3.35. The van der Waals surface area contributed by atoms with E-state index in [0.717, 1.165) is 30.0 Å². The Morgan fingerprint density at radius 2 is 1.88 bits per heavy atom. The molecule has 8 heteroatoms. The minimum atomic E-state index is -0.705. The highest BCUT2D eigenvalue weighted by Crippen LogP contribution is 2.41. The number of ketones is 1. The van der Waals surface area contributed by atoms with Crippen molar-refractivity contribution in [2.45, 2.75) is 26.8 Å². The topological polar surface area (TPSA) is 85.9 Å². The van der Waals surface area contributed by atoms with Crippen molar-refractivity contribution in [1.29, 1.82) is 0 Å². The molecular weight excluding hydrogens is 430 g/mol. The van der Waals surface area contributed by atoms with Gasteiger partial charge in [-0.2, -0.15) is 0 Å². The van der Waals surface area contributed by atoms with Crippen LogP contribution in [0, 0.1) is 20.8 Å². The number of carbonyl (C=O) groups is 2. The Balaban J connectivity index is 1.79. The largest absolute Gasteiger partial charge is 0.507 e. The molecule has 170 valence electrons. The SMILES string of the molecule is Cc1[nH]c(C)c(/C(O)=C2\C(=O)C(=O)N(CCN3CCOCC3)C2c2cccc(Cl)c2)c1C. The number of ether oxygens (including phenoxy) is 1. The molecule has 1 aromatic carbocycles. The summed E-state index contributed by atoms with van der Waals surface area (Å²) < 4.78 is 5.40. The number of morpholine rings is 1. The van der Waals surface area contributed by atoms with Crippen molar-refractivity contribution in [1.82, 2.24) is 14.8 Å². The Labute approximate surface area is 192 Å². The minimum Gasteiger partial charge on any atom is -0.507 e. The molecule has 1 aromatic heterocycles. The molecule has 0 aliphatic carbocycles. The van der Waals surface area contributed by atoms with Gasteiger partial charge in [-0.1, -0.05) is 23.7 Å². The molecule has 2 aliphatic heterocycles. The van der Waals surface area contributed by atoms with E-state index in [-0.39, 0.29) is 11.3 Å². The second-order valence-corrected chi connectivity index (χ2v) is 8.81. The van der Waals surface area contributed by atoms with Gasteiger partial charge in [0.2, 0.25) is 0 Å². The van der Waals surface area contributed by atoms with Gasteiger partial charge in [-0.05, 0) is 44.0 Å². The lowest BCUT2D eigenvalue weighted by Gasteiger charge is -2.31. The van der Waals surface area contributed by atoms with Crippen molar-refractivity contribution >= 4 is 29.1 Å². The van der Waals surface area contributed by atoms with Gasteiger partial charge < -0.3 is 19.7 Å². The number of nitrogens with one attached hydrogen (secondary N) is 1. The molecule has 1 atom stereocenters. The number of carbonyl (C=O) groups excluding carboxylic acids is 2. The molecule has 0 bridgehead atoms. The van der Waals surface area contributed by atoms with E-state index in [2.05, 4.69) is 9.88 Å². The summed E-state index contributed by atoms with van der Waals surface area (Å²) in [6, 6.07) is 6.41. The van der Waals surface area contributed by atoms with Crippen LogP contribution in [0.1, 0.15) is 34.1 Å². The van der Waals surface area contributed by atoms with Crippen LogP contribution >= 0.6 is 11.6 Å². The Kier molecular flexibility index (Phi) is 6.42. The zero-order chi connectivity index (χ0) is 23.0. The first-order valence-corrected chi connectivity index (χ1v) is 11.2. The van der Waals surface area contributed by atoms with E-state index in [0.29, 0.717) is 42.5 Å². The monoisotopic (exact) mass is 457 g/mol. The van der Waals surface area contributed by atoms with Crippen LogP contribution in [0.4, 0.5) is 0 Å². The van der Waals surface area contributed by atoms with Crippen molar-refractivity contribution in [2.24, 2.45) is 0 Å². The third kappa shape index (κ3) is 4.08. The van der Waals surface area contributed by atoms with Gasteiger partial charge in [-0.3, -0.25) is 14.5 Å². The van der Waals surface area contributed by atoms with Crippen LogP contribution in [0.3, 0.4) is 0 Å². The van der Waals surface area contributed by atoms with Crippen LogP contribution < -0.4 is 0 Å². The van der Waals surface area contributed by atoms with Gasteiger partial charge in [0.05, 0.1) is 24.8 Å². The van der Waals surface area contributed by atoms with Crippen molar-refractivity contribution < 1.29 is 19.4 Å². The number of nitrogens with zero attached hydrogens (tertiary/aromatic N) is 2. The van der Waals surface area contributed by atoms with Crippen molar-refractivity contribution in [2.75, 3.05) is 39.4 Å². The highest BCUT2D eigenvalue weighted by Gasteiger charge is 2.46. The van der Waals surface area contributed by atoms with Gasteiger partial charge in [-0.15, -0.1) is 0 Å². The lowest BCUT2D eigenvalue weighted by atomic mass is 9.94. The van der Waals surface area contributed by atoms with Crippen LogP contribution in [0.15, 0.2) is 29.8 Å². The van der Waals surface area contributed by atoms with Gasteiger partial charge in [0.15, 0.2) is 0 Å². The lowest BCUT2D eigenvalue weighted by molar-refractivity contribution is -0.140. The highest BCUT2D eigenvalue weighted by atomic mass is 35.5. The van der Waals surface area contributed by atoms with Crippen LogP contribution in [0.5, 0.6) is 0 Å². The number of hydrogen-bond acceptors (Lipinski definition) is 5. The van der Waals surface area contributed by atoms with E-state index in [1.807, 2.05) is 26.8 Å². The molecular formula is C24H28ClN3O4. The first kappa shape index (κ1) is 22.6. The number of hydrogen-bond donors (Lipinski definition) is 2. The van der Waals surface area contributed by atoms with E-state index < -0.39 is 17.7 Å². The first-order chi connectivity index (χ1) is 15.3. The van der Waals surface area contributed by atoms with E-state index in [1.165, 1.54) is 0 Å². The van der Waals surface area contributed by atoms with E-state index in [4.69, 9.17) is 16.3 Å². The molecule has 32 heavy (non-hydrogen) atoms. The number of benzene rings is 1. The summed E-state index contributed by atoms with van der Waals surface area (Å²) in [6.45, 7) is 9.50. The fraction of sp³-hybridized carbons (Fsp3) is 0.417. The van der Waals surface area contributed by atoms with Crippen LogP contribution in [0.2, 0.25) is 5.02 Å². The number of aliphatic hydroxyl groups excluding tert-OH is 1. The number of amides is 1. The fourth-order valence-electron chi connectivity index (χ4n) is 4.60. The molecule has 7 nitrogen and oxygen atoms in total. The Hall–Kier alpha value is -2.61. The summed E-state index contributed by atoms with van der Waals surface area (Å²) in [5.41, 5.74) is 3.88. The molecule has 1 amide bonds. The molecule has 2 N–H and O–H groups in total. The summed E-state index contributed by atoms with van der Waals surface area (Å²) in [5.74, 6) is -1.43. The number of H-pyrrole nitrogens is 1. The summed E-state index contributed by atoms with van der Waals surface area (Å²) in [5, 5.41) is 11.8. The molecule has 0 spiro atoms. The Morgan fingerprint density at radius 1 is 1.16 bits per heavy atom. The molecule has 2 aromatic rings. The molecule has 3 heterocycles. The number of aliphatic hydroxyl groups is 1. The maximum absolute atomic E-state index is 13.2. The van der Waals surface area contributed by atoms with E-state index >= 15 is 0 Å². The quantitative estimate of drug-likeness (QED) is 0.408. The van der Waals surface area contributed by atoms with Gasteiger partial charge in [0.25, 0.3) is 11.7 Å². The number of halogens is 1. The molecule has 2 aliphatic rings. The van der Waals surface area contributed by atoms with Gasteiger partial charge in [0, 0.05) is 48.2 Å². The molecule has 4 rings (SSSR count). The normalized spacial score (nSPS) is 21.5. The summed E-state index contributed by atoms with van der Waals surface area (Å²) >= 11 is 6.25. The fourth-order valence-corrected chi connectivity index (χ4v) is 4.80. The van der Waals surface area contributed by atoms with Crippen molar-refractivity contribution in [3.05, 3.63) is 62.9 Å². The Morgan fingerprint density at radius 3 is 2.50 bits per heavy atom. The molecule has 2 fully saturated rings. The van der Waals surface area contributed by atoms with Gasteiger partial charge >= 0.3 is 0 Å². The zero-order valence-corrected chi connectivity index (χ0v) is 19.3. The number of rotatable bonds is 5. The third-order valence-corrected chi connectivity index (χ3v) is 6.62. The smallest absolute Gasteiger partial charge is 0.295 e. The standard InChI is InChI=1S/C24H28ClN3O4/c1-14-15(2)26-16(3)19(14)22(29)20-21(17-5-4-6-18(25)13-17)28(24(31)23(20)30)8-7-27-9-11-32-12-10-27/h4-6,13,21,26,29H,7-12H2,1-3H3/b22-20+. The summed E-state index contributed by atoms with van der Waals surface area (Å²) in [4.78, 5) is 33.3. The van der Waals surface area contributed by atoms with Gasteiger partial charge in [0.1, 0.15) is 5.76 Å². The molecule has 0 radical (unpaired) electrons. The Bertz CT molecular complexity index is 1080. The van der Waals surface area contributed by atoms with Crippen LogP contribution in [0.25, 0.3) is 5.76 Å². The number of aromatic nitrogens is 1. The average Bonchev–Trinajstić information content (AvgIpc) is 3.18. The second-order valence-electron chi connectivity index (χ2n) is 8.38. The average molecular weight is 458 g/mol. The van der Waals surface area contributed by atoms with E-state index in [9.17, 15) is 14.7 Å². The van der Waals surface area contributed by atoms with Gasteiger partial charge in [-0.25, -0.2) is 0 Å². The zero-order valence-electron chi connectivity index (χ0n) is 18.6. The molecule has 2 saturated heterocycles. The second kappa shape index (κ2) is 9.10. The maximum atomic E-state index is 13.2. The van der Waals surface area contributed by atoms with Crippen molar-refractivity contribution in [3.8, 4) is 0 Å². The van der Waals surface area contributed by atoms with Crippen LogP contribution in [-0.2, 0) is 14.3 Å². The summed E-state index contributed by atoms with van der Waals surface area (Å²) in [6.07, 6.45) is 0. The first-order valence-electron chi connectivity index (χ1n) is 10.8. The van der Waals surface area contributed by atoms with Crippen LogP contribution in [-0.4, -0.2) is 71.0 Å². The lowest BCUT2D eigenvalue weighted by Crippen LogP contribution is -2.42. The number of aryl methyl sites for hydroxylation is 2. The molecule has 0 saturated carbocycles. The highest BCUT2D eigenvalue weighted by molar-refractivity contribution is 6.46. The summed E-state index contributed by atoms with van der Waals surface area (Å²) in [7, 11) is 0. The van der Waals surface area contributed by atoms with Crippen molar-refractivity contribution in [3.63, 3.8) is 0 Å². The van der Waals surface area contributed by atoms with E-state index in [1.54, 1.807) is 23.1 Å².